The number of anilines is 1. The largest absolute Gasteiger partial charge is 0.376 e. The molecule has 2 aromatic rings. The van der Waals surface area contributed by atoms with Crippen LogP contribution in [-0.2, 0) is 16.0 Å². The van der Waals surface area contributed by atoms with Crippen LogP contribution in [0.2, 0.25) is 0 Å². The number of carbonyl (C=O) groups excluding carboxylic acids is 2. The number of carbonyl (C=O) groups is 2. The fourth-order valence-corrected chi connectivity index (χ4v) is 3.17. The molecular formula is C17H19N3O3S. The zero-order valence-corrected chi connectivity index (χ0v) is 14.0. The van der Waals surface area contributed by atoms with Gasteiger partial charge in [-0.15, -0.1) is 11.3 Å². The van der Waals surface area contributed by atoms with E-state index in [1.807, 2.05) is 6.07 Å². The van der Waals surface area contributed by atoms with Crippen LogP contribution in [0.3, 0.4) is 0 Å². The number of hydrogen-bond donors (Lipinski definition) is 2. The normalized spacial score (nSPS) is 16.8. The van der Waals surface area contributed by atoms with Crippen LogP contribution in [0.4, 0.5) is 5.13 Å². The van der Waals surface area contributed by atoms with Gasteiger partial charge in [-0.05, 0) is 25.0 Å². The molecule has 0 bridgehead atoms. The minimum Gasteiger partial charge on any atom is -0.376 e. The second kappa shape index (κ2) is 8.03. The van der Waals surface area contributed by atoms with Gasteiger partial charge in [0.15, 0.2) is 5.13 Å². The fraction of sp³-hybridized carbons (Fsp3) is 0.353. The van der Waals surface area contributed by atoms with Crippen molar-refractivity contribution < 1.29 is 14.3 Å². The highest BCUT2D eigenvalue weighted by atomic mass is 32.1. The number of thiazole rings is 1. The molecule has 1 atom stereocenters. The van der Waals surface area contributed by atoms with Gasteiger partial charge in [-0.2, -0.15) is 0 Å². The monoisotopic (exact) mass is 345 g/mol. The first-order valence-electron chi connectivity index (χ1n) is 7.90. The van der Waals surface area contributed by atoms with Crippen LogP contribution >= 0.6 is 11.3 Å². The molecule has 1 fully saturated rings. The van der Waals surface area contributed by atoms with Crippen molar-refractivity contribution in [1.82, 2.24) is 10.3 Å². The lowest BCUT2D eigenvalue weighted by atomic mass is 10.2. The third-order valence-electron chi connectivity index (χ3n) is 3.70. The molecule has 0 spiro atoms. The third-order valence-corrected chi connectivity index (χ3v) is 4.51. The highest BCUT2D eigenvalue weighted by molar-refractivity contribution is 7.14. The molecule has 2 amide bonds. The number of nitrogens with zero attached hydrogens (tertiary/aromatic N) is 1. The van der Waals surface area contributed by atoms with Crippen molar-refractivity contribution in [2.45, 2.75) is 25.4 Å². The zero-order valence-electron chi connectivity index (χ0n) is 13.2. The lowest BCUT2D eigenvalue weighted by Crippen LogP contribution is -2.32. The van der Waals surface area contributed by atoms with Gasteiger partial charge < -0.3 is 10.1 Å². The quantitative estimate of drug-likeness (QED) is 0.841. The number of ether oxygens (including phenoxy) is 1. The molecule has 1 saturated heterocycles. The Kier molecular flexibility index (Phi) is 5.55. The number of rotatable bonds is 6. The molecule has 2 heterocycles. The number of benzene rings is 1. The van der Waals surface area contributed by atoms with Crippen molar-refractivity contribution in [3.05, 3.63) is 47.0 Å². The predicted octanol–water partition coefficient (Wildman–Crippen LogP) is 2.23. The third kappa shape index (κ3) is 4.62. The summed E-state index contributed by atoms with van der Waals surface area (Å²) >= 11 is 1.31. The average molecular weight is 345 g/mol. The Bertz CT molecular complexity index is 696. The highest BCUT2D eigenvalue weighted by Gasteiger charge is 2.17. The predicted molar refractivity (Wildman–Crippen MR) is 92.2 cm³/mol. The van der Waals surface area contributed by atoms with E-state index >= 15 is 0 Å². The molecule has 0 radical (unpaired) electrons. The summed E-state index contributed by atoms with van der Waals surface area (Å²) in [5, 5.41) is 7.88. The second-order valence-corrected chi connectivity index (χ2v) is 6.44. The van der Waals surface area contributed by atoms with Crippen LogP contribution < -0.4 is 10.6 Å². The Morgan fingerprint density at radius 2 is 2.12 bits per heavy atom. The van der Waals surface area contributed by atoms with E-state index in [9.17, 15) is 9.59 Å². The fourth-order valence-electron chi connectivity index (χ4n) is 2.46. The van der Waals surface area contributed by atoms with Crippen LogP contribution in [0.5, 0.6) is 0 Å². The van der Waals surface area contributed by atoms with Gasteiger partial charge in [-0.1, -0.05) is 18.2 Å². The molecule has 0 aliphatic carbocycles. The van der Waals surface area contributed by atoms with E-state index in [2.05, 4.69) is 15.6 Å². The molecule has 126 valence electrons. The van der Waals surface area contributed by atoms with Gasteiger partial charge >= 0.3 is 0 Å². The van der Waals surface area contributed by atoms with E-state index in [-0.39, 0.29) is 24.3 Å². The van der Waals surface area contributed by atoms with Crippen LogP contribution in [0.15, 0.2) is 35.7 Å². The van der Waals surface area contributed by atoms with Crippen molar-refractivity contribution in [2.75, 3.05) is 18.5 Å². The lowest BCUT2D eigenvalue weighted by Gasteiger charge is -2.09. The molecular weight excluding hydrogens is 326 g/mol. The van der Waals surface area contributed by atoms with Crippen molar-refractivity contribution in [3.63, 3.8) is 0 Å². The van der Waals surface area contributed by atoms with E-state index in [1.54, 1.807) is 29.6 Å². The van der Waals surface area contributed by atoms with Crippen LogP contribution in [-0.4, -0.2) is 36.1 Å². The SMILES string of the molecule is O=C(Cc1csc(NC(=O)c2ccccc2)n1)NC[C@@H]1CCCO1. The van der Waals surface area contributed by atoms with Gasteiger partial charge in [0.2, 0.25) is 5.91 Å². The summed E-state index contributed by atoms with van der Waals surface area (Å²) in [5.41, 5.74) is 1.22. The Morgan fingerprint density at radius 1 is 1.29 bits per heavy atom. The lowest BCUT2D eigenvalue weighted by molar-refractivity contribution is -0.121. The Balaban J connectivity index is 1.48. The summed E-state index contributed by atoms with van der Waals surface area (Å²) in [6.07, 6.45) is 2.37. The smallest absolute Gasteiger partial charge is 0.257 e. The molecule has 0 saturated carbocycles. The zero-order chi connectivity index (χ0) is 16.8. The number of nitrogens with one attached hydrogen (secondary N) is 2. The van der Waals surface area contributed by atoms with Crippen molar-refractivity contribution in [3.8, 4) is 0 Å². The molecule has 2 N–H and O–H groups in total. The Hall–Kier alpha value is -2.25. The van der Waals surface area contributed by atoms with Gasteiger partial charge in [-0.25, -0.2) is 4.98 Å². The van der Waals surface area contributed by atoms with E-state index in [4.69, 9.17) is 4.74 Å². The maximum absolute atomic E-state index is 12.1. The molecule has 24 heavy (non-hydrogen) atoms. The molecule has 1 aromatic carbocycles. The summed E-state index contributed by atoms with van der Waals surface area (Å²) in [7, 11) is 0. The minimum absolute atomic E-state index is 0.0864. The summed E-state index contributed by atoms with van der Waals surface area (Å²) < 4.78 is 5.47. The van der Waals surface area contributed by atoms with Crippen LogP contribution in [0, 0.1) is 0 Å². The van der Waals surface area contributed by atoms with Gasteiger partial charge in [0.05, 0.1) is 18.2 Å². The highest BCUT2D eigenvalue weighted by Crippen LogP contribution is 2.17. The van der Waals surface area contributed by atoms with E-state index in [0.717, 1.165) is 19.4 Å². The van der Waals surface area contributed by atoms with E-state index in [1.165, 1.54) is 11.3 Å². The Morgan fingerprint density at radius 3 is 2.88 bits per heavy atom. The van der Waals surface area contributed by atoms with Crippen LogP contribution in [0.1, 0.15) is 28.9 Å². The van der Waals surface area contributed by atoms with Gasteiger partial charge in [0, 0.05) is 24.1 Å². The number of aromatic nitrogens is 1. The summed E-state index contributed by atoms with van der Waals surface area (Å²) in [5.74, 6) is -0.295. The van der Waals surface area contributed by atoms with Crippen molar-refractivity contribution >= 4 is 28.3 Å². The molecule has 1 aliphatic heterocycles. The number of amides is 2. The summed E-state index contributed by atoms with van der Waals surface area (Å²) in [6, 6.07) is 8.94. The minimum atomic E-state index is -0.209. The molecule has 6 nitrogen and oxygen atoms in total. The average Bonchev–Trinajstić information content (AvgIpc) is 3.26. The van der Waals surface area contributed by atoms with Crippen molar-refractivity contribution in [2.24, 2.45) is 0 Å². The molecule has 0 unspecified atom stereocenters. The van der Waals surface area contributed by atoms with E-state index in [0.29, 0.717) is 22.9 Å². The first-order chi connectivity index (χ1) is 11.7. The maximum atomic E-state index is 12.1. The van der Waals surface area contributed by atoms with E-state index < -0.39 is 0 Å². The molecule has 1 aromatic heterocycles. The number of hydrogen-bond acceptors (Lipinski definition) is 5. The van der Waals surface area contributed by atoms with Crippen LogP contribution in [0.25, 0.3) is 0 Å². The first-order valence-corrected chi connectivity index (χ1v) is 8.78. The molecule has 1 aliphatic rings. The maximum Gasteiger partial charge on any atom is 0.257 e. The standard InChI is InChI=1S/C17H19N3O3S/c21-15(18-10-14-7-4-8-23-14)9-13-11-24-17(19-13)20-16(22)12-5-2-1-3-6-12/h1-3,5-6,11,14H,4,7-10H2,(H,18,21)(H,19,20,22)/t14-/m0/s1. The van der Waals surface area contributed by atoms with Gasteiger partial charge in [0.1, 0.15) is 0 Å². The van der Waals surface area contributed by atoms with Gasteiger partial charge in [0.25, 0.3) is 5.91 Å². The molecule has 3 rings (SSSR count). The second-order valence-electron chi connectivity index (χ2n) is 5.58. The Labute approximate surface area is 144 Å². The van der Waals surface area contributed by atoms with Crippen molar-refractivity contribution in [1.29, 1.82) is 0 Å². The first kappa shape index (κ1) is 16.6. The molecule has 7 heteroatoms. The topological polar surface area (TPSA) is 80.3 Å². The summed E-state index contributed by atoms with van der Waals surface area (Å²) in [4.78, 5) is 28.3. The summed E-state index contributed by atoms with van der Waals surface area (Å²) in [6.45, 7) is 1.32. The van der Waals surface area contributed by atoms with Gasteiger partial charge in [-0.3, -0.25) is 14.9 Å².